The van der Waals surface area contributed by atoms with Crippen LogP contribution in [0.25, 0.3) is 16.6 Å². The number of esters is 1. The second-order valence-corrected chi connectivity index (χ2v) is 7.15. The Bertz CT molecular complexity index is 1260. The Morgan fingerprint density at radius 1 is 1.10 bits per heavy atom. The molecule has 0 saturated carbocycles. The van der Waals surface area contributed by atoms with Gasteiger partial charge in [0.15, 0.2) is 6.61 Å². The molecule has 0 atom stereocenters. The number of nitrogens with one attached hydrogen (secondary N) is 1. The van der Waals surface area contributed by atoms with E-state index < -0.39 is 18.5 Å². The van der Waals surface area contributed by atoms with E-state index in [0.717, 1.165) is 11.4 Å². The van der Waals surface area contributed by atoms with Crippen molar-refractivity contribution in [3.63, 3.8) is 0 Å². The number of aromatic nitrogens is 3. The maximum absolute atomic E-state index is 13.3. The Morgan fingerprint density at radius 2 is 1.87 bits per heavy atom. The number of amides is 1. The van der Waals surface area contributed by atoms with Crippen molar-refractivity contribution in [1.29, 1.82) is 0 Å². The molecule has 0 unspecified atom stereocenters. The van der Waals surface area contributed by atoms with Gasteiger partial charge in [0.1, 0.15) is 12.4 Å². The van der Waals surface area contributed by atoms with E-state index in [-0.39, 0.29) is 12.4 Å². The van der Waals surface area contributed by atoms with Crippen LogP contribution in [0.15, 0.2) is 60.8 Å². The number of nitrogens with zero attached hydrogens (tertiary/aromatic N) is 3. The first-order chi connectivity index (χ1) is 14.9. The second kappa shape index (κ2) is 8.43. The first-order valence-corrected chi connectivity index (χ1v) is 9.74. The molecule has 0 aliphatic heterocycles. The molecule has 31 heavy (non-hydrogen) atoms. The van der Waals surface area contributed by atoms with Crippen LogP contribution in [0.2, 0.25) is 0 Å². The molecule has 0 aliphatic carbocycles. The Kier molecular flexibility index (Phi) is 5.53. The summed E-state index contributed by atoms with van der Waals surface area (Å²) in [7, 11) is 0. The number of rotatable bonds is 6. The molecule has 2 aromatic heterocycles. The summed E-state index contributed by atoms with van der Waals surface area (Å²) in [6.45, 7) is 3.16. The molecule has 1 amide bonds. The molecule has 0 aliphatic rings. The molecular formula is C23H21FN4O3. The lowest BCUT2D eigenvalue weighted by Crippen LogP contribution is -2.23. The van der Waals surface area contributed by atoms with Gasteiger partial charge in [0.2, 0.25) is 0 Å². The van der Waals surface area contributed by atoms with Gasteiger partial charge in [-0.2, -0.15) is 5.10 Å². The molecule has 0 fully saturated rings. The van der Waals surface area contributed by atoms with Crippen molar-refractivity contribution in [2.75, 3.05) is 11.9 Å². The maximum atomic E-state index is 13.3. The van der Waals surface area contributed by atoms with Gasteiger partial charge in [-0.1, -0.05) is 18.2 Å². The monoisotopic (exact) mass is 420 g/mol. The summed E-state index contributed by atoms with van der Waals surface area (Å²) in [5, 5.41) is 7.94. The van der Waals surface area contributed by atoms with Crippen LogP contribution in [0.1, 0.15) is 11.4 Å². The fourth-order valence-electron chi connectivity index (χ4n) is 3.46. The molecule has 8 heteroatoms. The minimum Gasteiger partial charge on any atom is -0.454 e. The van der Waals surface area contributed by atoms with Crippen LogP contribution in [-0.4, -0.2) is 32.8 Å². The Labute approximate surface area is 178 Å². The molecule has 2 heterocycles. The summed E-state index contributed by atoms with van der Waals surface area (Å²) in [5.74, 6) is -1.36. The standard InChI is InChI=1S/C23H21FN4O3/c1-15-23(16(2)28(26-15)19-6-4-3-5-7-19)25-21(29)14-31-22(30)13-27-11-10-17-12-18(24)8-9-20(17)27/h3-12H,13-14H2,1-2H3,(H,25,29). The molecule has 2 aromatic carbocycles. The van der Waals surface area contributed by atoms with E-state index in [2.05, 4.69) is 10.4 Å². The predicted octanol–water partition coefficient (Wildman–Crippen LogP) is 3.76. The van der Waals surface area contributed by atoms with E-state index in [0.29, 0.717) is 22.3 Å². The van der Waals surface area contributed by atoms with Crippen LogP contribution in [0.4, 0.5) is 10.1 Å². The fraction of sp³-hybridized carbons (Fsp3) is 0.174. The van der Waals surface area contributed by atoms with Crippen LogP contribution < -0.4 is 5.32 Å². The van der Waals surface area contributed by atoms with Crippen LogP contribution in [-0.2, 0) is 20.9 Å². The zero-order chi connectivity index (χ0) is 22.0. The number of carbonyl (C=O) groups is 2. The number of benzene rings is 2. The molecule has 158 valence electrons. The van der Waals surface area contributed by atoms with Gasteiger partial charge in [-0.3, -0.25) is 9.59 Å². The average molecular weight is 420 g/mol. The molecule has 0 radical (unpaired) electrons. The van der Waals surface area contributed by atoms with Crippen molar-refractivity contribution in [3.8, 4) is 5.69 Å². The number of fused-ring (bicyclic) bond motifs is 1. The van der Waals surface area contributed by atoms with Gasteiger partial charge < -0.3 is 14.6 Å². The first-order valence-electron chi connectivity index (χ1n) is 9.74. The van der Waals surface area contributed by atoms with E-state index in [4.69, 9.17) is 4.74 Å². The van der Waals surface area contributed by atoms with Crippen molar-refractivity contribution in [3.05, 3.63) is 78.0 Å². The minimum absolute atomic E-state index is 0.0770. The molecule has 7 nitrogen and oxygen atoms in total. The van der Waals surface area contributed by atoms with Crippen molar-refractivity contribution in [2.24, 2.45) is 0 Å². The van der Waals surface area contributed by atoms with Crippen LogP contribution in [0.3, 0.4) is 0 Å². The third-order valence-corrected chi connectivity index (χ3v) is 4.95. The Morgan fingerprint density at radius 3 is 2.65 bits per heavy atom. The lowest BCUT2D eigenvalue weighted by molar-refractivity contribution is -0.147. The quantitative estimate of drug-likeness (QED) is 0.482. The van der Waals surface area contributed by atoms with Gasteiger partial charge >= 0.3 is 5.97 Å². The number of para-hydroxylation sites is 1. The molecule has 4 aromatic rings. The number of anilines is 1. The lowest BCUT2D eigenvalue weighted by Gasteiger charge is -2.09. The average Bonchev–Trinajstić information content (AvgIpc) is 3.28. The van der Waals surface area contributed by atoms with Gasteiger partial charge in [0, 0.05) is 17.1 Å². The summed E-state index contributed by atoms with van der Waals surface area (Å²) >= 11 is 0. The van der Waals surface area contributed by atoms with Crippen LogP contribution in [0, 0.1) is 19.7 Å². The first kappa shape index (κ1) is 20.3. The molecule has 0 bridgehead atoms. The summed E-state index contributed by atoms with van der Waals surface area (Å²) in [4.78, 5) is 24.5. The Balaban J connectivity index is 1.37. The van der Waals surface area contributed by atoms with Gasteiger partial charge in [-0.05, 0) is 50.2 Å². The van der Waals surface area contributed by atoms with E-state index in [9.17, 15) is 14.0 Å². The molecule has 0 spiro atoms. The van der Waals surface area contributed by atoms with Gasteiger partial charge in [0.05, 0.1) is 22.8 Å². The number of halogens is 1. The SMILES string of the molecule is Cc1nn(-c2ccccc2)c(C)c1NC(=O)COC(=O)Cn1ccc2cc(F)ccc21. The van der Waals surface area contributed by atoms with E-state index >= 15 is 0 Å². The number of hydrogen-bond acceptors (Lipinski definition) is 4. The predicted molar refractivity (Wildman–Crippen MR) is 115 cm³/mol. The topological polar surface area (TPSA) is 78.2 Å². The number of aryl methyl sites for hydroxylation is 1. The normalized spacial score (nSPS) is 10.9. The van der Waals surface area contributed by atoms with Crippen molar-refractivity contribution in [2.45, 2.75) is 20.4 Å². The maximum Gasteiger partial charge on any atom is 0.326 e. The summed E-state index contributed by atoms with van der Waals surface area (Å²) in [6.07, 6.45) is 1.68. The molecule has 0 saturated heterocycles. The zero-order valence-corrected chi connectivity index (χ0v) is 17.1. The summed E-state index contributed by atoms with van der Waals surface area (Å²) < 4.78 is 21.8. The van der Waals surface area contributed by atoms with E-state index in [1.165, 1.54) is 12.1 Å². The smallest absolute Gasteiger partial charge is 0.326 e. The molecule has 1 N–H and O–H groups in total. The Hall–Kier alpha value is -3.94. The zero-order valence-electron chi connectivity index (χ0n) is 17.1. The molecule has 4 rings (SSSR count). The van der Waals surface area contributed by atoms with Gasteiger partial charge in [-0.25, -0.2) is 9.07 Å². The number of hydrogen-bond donors (Lipinski definition) is 1. The van der Waals surface area contributed by atoms with Crippen LogP contribution in [0.5, 0.6) is 0 Å². The highest BCUT2D eigenvalue weighted by Gasteiger charge is 2.16. The second-order valence-electron chi connectivity index (χ2n) is 7.15. The van der Waals surface area contributed by atoms with E-state index in [1.54, 1.807) is 34.5 Å². The van der Waals surface area contributed by atoms with Crippen molar-refractivity contribution < 1.29 is 18.7 Å². The largest absolute Gasteiger partial charge is 0.454 e. The minimum atomic E-state index is -0.564. The summed E-state index contributed by atoms with van der Waals surface area (Å²) in [6, 6.07) is 15.6. The molecular weight excluding hydrogens is 399 g/mol. The number of ether oxygens (including phenoxy) is 1. The third kappa shape index (κ3) is 4.32. The van der Waals surface area contributed by atoms with Gasteiger partial charge in [-0.15, -0.1) is 0 Å². The van der Waals surface area contributed by atoms with Crippen LogP contribution >= 0.6 is 0 Å². The van der Waals surface area contributed by atoms with E-state index in [1.807, 2.05) is 37.3 Å². The number of carbonyl (C=O) groups excluding carboxylic acids is 2. The highest BCUT2D eigenvalue weighted by atomic mass is 19.1. The highest BCUT2D eigenvalue weighted by molar-refractivity contribution is 5.94. The lowest BCUT2D eigenvalue weighted by atomic mass is 10.2. The third-order valence-electron chi connectivity index (χ3n) is 4.95. The summed E-state index contributed by atoms with van der Waals surface area (Å²) in [5.41, 5.74) is 3.61. The van der Waals surface area contributed by atoms with Crippen molar-refractivity contribution in [1.82, 2.24) is 14.3 Å². The highest BCUT2D eigenvalue weighted by Crippen LogP contribution is 2.22. The van der Waals surface area contributed by atoms with Crippen molar-refractivity contribution >= 4 is 28.5 Å². The van der Waals surface area contributed by atoms with Gasteiger partial charge in [0.25, 0.3) is 5.91 Å². The fourth-order valence-corrected chi connectivity index (χ4v) is 3.46.